The third-order valence-electron chi connectivity index (χ3n) is 12.2. The highest BCUT2D eigenvalue weighted by Crippen LogP contribution is 2.48. The molecule has 0 N–H and O–H groups in total. The predicted molar refractivity (Wildman–Crippen MR) is 240 cm³/mol. The number of benzene rings is 9. The molecule has 270 valence electrons. The first-order chi connectivity index (χ1) is 28.8. The fourth-order valence-corrected chi connectivity index (χ4v) is 9.64. The van der Waals surface area contributed by atoms with Gasteiger partial charge >= 0.3 is 0 Å². The van der Waals surface area contributed by atoms with E-state index in [1.54, 1.807) is 0 Å². The van der Waals surface area contributed by atoms with Crippen molar-refractivity contribution in [1.29, 1.82) is 0 Å². The Morgan fingerprint density at radius 1 is 0.276 bits per heavy atom. The number of rotatable bonds is 4. The SMILES string of the molecule is c1ccc2c(c1)Oc1cc(-c3ccc(-n4c5ccccc5c5ccccc54)cc3)cc3c4cc(-c5ccc(-n6c7ccccc7c7ccccc76)cc5)ccc4n-2c13. The summed E-state index contributed by atoms with van der Waals surface area (Å²) in [7, 11) is 0. The summed E-state index contributed by atoms with van der Waals surface area (Å²) in [6.45, 7) is 0. The van der Waals surface area contributed by atoms with Gasteiger partial charge in [0.2, 0.25) is 0 Å². The Morgan fingerprint density at radius 2 is 0.707 bits per heavy atom. The quantitative estimate of drug-likeness (QED) is 0.176. The Labute approximate surface area is 333 Å². The van der Waals surface area contributed by atoms with Crippen LogP contribution >= 0.6 is 0 Å². The summed E-state index contributed by atoms with van der Waals surface area (Å²) >= 11 is 0. The summed E-state index contributed by atoms with van der Waals surface area (Å²) in [6.07, 6.45) is 0. The molecule has 0 unspecified atom stereocenters. The van der Waals surface area contributed by atoms with Gasteiger partial charge in [-0.3, -0.25) is 0 Å². The van der Waals surface area contributed by atoms with Gasteiger partial charge in [0.15, 0.2) is 11.5 Å². The molecule has 1 aliphatic heterocycles. The van der Waals surface area contributed by atoms with Crippen LogP contribution in [0.15, 0.2) is 200 Å². The number of ether oxygens (including phenoxy) is 1. The van der Waals surface area contributed by atoms with E-state index in [2.05, 4.69) is 208 Å². The van der Waals surface area contributed by atoms with Crippen LogP contribution < -0.4 is 4.74 Å². The molecule has 0 fully saturated rings. The molecule has 13 rings (SSSR count). The second-order valence-electron chi connectivity index (χ2n) is 15.3. The van der Waals surface area contributed by atoms with Gasteiger partial charge in [-0.1, -0.05) is 115 Å². The second kappa shape index (κ2) is 11.8. The molecule has 58 heavy (non-hydrogen) atoms. The molecule has 0 atom stereocenters. The van der Waals surface area contributed by atoms with E-state index in [9.17, 15) is 0 Å². The van der Waals surface area contributed by atoms with Crippen molar-refractivity contribution in [3.05, 3.63) is 200 Å². The minimum atomic E-state index is 0.859. The maximum Gasteiger partial charge on any atom is 0.152 e. The summed E-state index contributed by atoms with van der Waals surface area (Å²) in [5.41, 5.74) is 15.1. The summed E-state index contributed by atoms with van der Waals surface area (Å²) in [6, 6.07) is 72.4. The van der Waals surface area contributed by atoms with Crippen LogP contribution in [0, 0.1) is 0 Å². The normalized spacial score (nSPS) is 12.3. The van der Waals surface area contributed by atoms with E-state index in [1.807, 2.05) is 6.07 Å². The summed E-state index contributed by atoms with van der Waals surface area (Å²) < 4.78 is 13.8. The Hall–Kier alpha value is -7.82. The van der Waals surface area contributed by atoms with Crippen molar-refractivity contribution < 1.29 is 4.74 Å². The molecule has 0 aliphatic carbocycles. The lowest BCUT2D eigenvalue weighted by molar-refractivity contribution is 0.476. The van der Waals surface area contributed by atoms with Crippen molar-refractivity contribution >= 4 is 65.4 Å². The van der Waals surface area contributed by atoms with Gasteiger partial charge in [0.05, 0.1) is 38.8 Å². The highest BCUT2D eigenvalue weighted by Gasteiger charge is 2.25. The zero-order valence-corrected chi connectivity index (χ0v) is 31.3. The molecule has 3 aromatic heterocycles. The number of nitrogens with zero attached hydrogens (tertiary/aromatic N) is 3. The highest BCUT2D eigenvalue weighted by molar-refractivity contribution is 6.15. The van der Waals surface area contributed by atoms with Crippen LogP contribution in [0.3, 0.4) is 0 Å². The minimum absolute atomic E-state index is 0.859. The van der Waals surface area contributed by atoms with Gasteiger partial charge in [0, 0.05) is 43.7 Å². The van der Waals surface area contributed by atoms with E-state index in [-0.39, 0.29) is 0 Å². The molecule has 4 heteroatoms. The molecule has 1 aliphatic rings. The van der Waals surface area contributed by atoms with Crippen LogP contribution in [0.1, 0.15) is 0 Å². The Morgan fingerprint density at radius 3 is 1.26 bits per heavy atom. The second-order valence-corrected chi connectivity index (χ2v) is 15.3. The number of hydrogen-bond donors (Lipinski definition) is 0. The van der Waals surface area contributed by atoms with Crippen LogP contribution in [-0.4, -0.2) is 13.7 Å². The minimum Gasteiger partial charge on any atom is -0.453 e. The lowest BCUT2D eigenvalue weighted by Gasteiger charge is -2.21. The van der Waals surface area contributed by atoms with Gasteiger partial charge in [-0.05, 0) is 107 Å². The van der Waals surface area contributed by atoms with Gasteiger partial charge in [0.1, 0.15) is 0 Å². The Kier molecular flexibility index (Phi) is 6.41. The smallest absolute Gasteiger partial charge is 0.152 e. The first-order valence-electron chi connectivity index (χ1n) is 19.8. The summed E-state index contributed by atoms with van der Waals surface area (Å²) in [5, 5.41) is 7.43. The molecule has 12 aromatic rings. The molecule has 9 aromatic carbocycles. The van der Waals surface area contributed by atoms with E-state index >= 15 is 0 Å². The first-order valence-corrected chi connectivity index (χ1v) is 19.8. The maximum atomic E-state index is 6.72. The third-order valence-corrected chi connectivity index (χ3v) is 12.2. The predicted octanol–water partition coefficient (Wildman–Crippen LogP) is 14.4. The van der Waals surface area contributed by atoms with E-state index in [4.69, 9.17) is 4.74 Å². The van der Waals surface area contributed by atoms with Gasteiger partial charge in [-0.2, -0.15) is 0 Å². The fraction of sp³-hybridized carbons (Fsp3) is 0. The van der Waals surface area contributed by atoms with Crippen molar-refractivity contribution in [2.24, 2.45) is 0 Å². The average Bonchev–Trinajstić information content (AvgIpc) is 3.93. The van der Waals surface area contributed by atoms with Gasteiger partial charge in [0.25, 0.3) is 0 Å². The number of hydrogen-bond acceptors (Lipinski definition) is 1. The average molecular weight is 740 g/mol. The molecular weight excluding hydrogens is 707 g/mol. The van der Waals surface area contributed by atoms with Crippen LogP contribution in [0.4, 0.5) is 0 Å². The van der Waals surface area contributed by atoms with Crippen LogP contribution in [-0.2, 0) is 0 Å². The maximum absolute atomic E-state index is 6.72. The fourth-order valence-electron chi connectivity index (χ4n) is 9.64. The first kappa shape index (κ1) is 31.4. The molecule has 0 saturated heterocycles. The van der Waals surface area contributed by atoms with Crippen LogP contribution in [0.25, 0.3) is 105 Å². The van der Waals surface area contributed by atoms with Crippen molar-refractivity contribution in [2.45, 2.75) is 0 Å². The lowest BCUT2D eigenvalue weighted by Crippen LogP contribution is -2.04. The van der Waals surface area contributed by atoms with E-state index in [0.29, 0.717) is 0 Å². The molecular formula is C54H33N3O. The summed E-state index contributed by atoms with van der Waals surface area (Å²) in [5.74, 6) is 1.73. The van der Waals surface area contributed by atoms with Crippen molar-refractivity contribution in [1.82, 2.24) is 13.7 Å². The molecule has 0 radical (unpaired) electrons. The van der Waals surface area contributed by atoms with Crippen molar-refractivity contribution in [3.8, 4) is 50.8 Å². The van der Waals surface area contributed by atoms with Crippen LogP contribution in [0.5, 0.6) is 11.5 Å². The van der Waals surface area contributed by atoms with Gasteiger partial charge in [-0.25, -0.2) is 0 Å². The van der Waals surface area contributed by atoms with E-state index in [1.165, 1.54) is 65.5 Å². The third kappa shape index (κ3) is 4.40. The summed E-state index contributed by atoms with van der Waals surface area (Å²) in [4.78, 5) is 0. The number of aromatic nitrogens is 3. The van der Waals surface area contributed by atoms with Crippen molar-refractivity contribution in [3.63, 3.8) is 0 Å². The highest BCUT2D eigenvalue weighted by atomic mass is 16.5. The van der Waals surface area contributed by atoms with Gasteiger partial charge < -0.3 is 18.4 Å². The zero-order valence-electron chi connectivity index (χ0n) is 31.3. The molecule has 0 amide bonds. The van der Waals surface area contributed by atoms with Crippen molar-refractivity contribution in [2.75, 3.05) is 0 Å². The molecule has 0 spiro atoms. The molecule has 4 heterocycles. The lowest BCUT2D eigenvalue weighted by atomic mass is 9.99. The Bertz CT molecular complexity index is 3530. The topological polar surface area (TPSA) is 24.0 Å². The van der Waals surface area contributed by atoms with Gasteiger partial charge in [-0.15, -0.1) is 0 Å². The molecule has 4 nitrogen and oxygen atoms in total. The standard InChI is InChI=1S/C54H33N3O/c1-5-15-46-40(11-1)41-12-2-6-16-47(41)55(46)38-26-21-34(22-27-38)36-25-30-50-44(31-36)45-32-37(33-53-54(45)57(50)51-19-9-10-20-52(51)58-53)35-23-28-39(29-24-35)56-48-17-7-3-13-42(48)43-14-4-8-18-49(43)56/h1-33H. The molecule has 0 bridgehead atoms. The van der Waals surface area contributed by atoms with E-state index < -0.39 is 0 Å². The number of fused-ring (bicyclic) bond motifs is 11. The largest absolute Gasteiger partial charge is 0.453 e. The zero-order chi connectivity index (χ0) is 37.9. The number of para-hydroxylation sites is 6. The Balaban J connectivity index is 0.950. The molecule has 0 saturated carbocycles. The van der Waals surface area contributed by atoms with E-state index in [0.717, 1.165) is 50.7 Å². The monoisotopic (exact) mass is 739 g/mol. The van der Waals surface area contributed by atoms with Crippen LogP contribution in [0.2, 0.25) is 0 Å².